The van der Waals surface area contributed by atoms with Crippen LogP contribution in [0, 0.1) is 0 Å². The number of amides is 1. The van der Waals surface area contributed by atoms with Crippen molar-refractivity contribution < 1.29 is 14.3 Å². The first-order chi connectivity index (χ1) is 9.89. The van der Waals surface area contributed by atoms with Gasteiger partial charge in [0.25, 0.3) is 0 Å². The quantitative estimate of drug-likeness (QED) is 0.686. The van der Waals surface area contributed by atoms with Crippen LogP contribution in [0.1, 0.15) is 79.1 Å². The highest BCUT2D eigenvalue weighted by molar-refractivity contribution is 5.69. The van der Waals surface area contributed by atoms with Crippen LogP contribution in [0.5, 0.6) is 0 Å². The van der Waals surface area contributed by atoms with E-state index in [4.69, 9.17) is 4.74 Å². The van der Waals surface area contributed by atoms with Crippen LogP contribution in [0.4, 0.5) is 4.79 Å². The highest BCUT2D eigenvalue weighted by atomic mass is 16.6. The van der Waals surface area contributed by atoms with Crippen molar-refractivity contribution in [1.29, 1.82) is 0 Å². The molecule has 0 spiro atoms. The Labute approximate surface area is 129 Å². The van der Waals surface area contributed by atoms with E-state index in [2.05, 4.69) is 6.92 Å². The normalized spacial score (nSPS) is 18.1. The zero-order valence-corrected chi connectivity index (χ0v) is 14.1. The summed E-state index contributed by atoms with van der Waals surface area (Å²) in [6, 6.07) is 0.204. The Morgan fingerprint density at radius 3 is 2.38 bits per heavy atom. The summed E-state index contributed by atoms with van der Waals surface area (Å²) in [5, 5.41) is 0. The third-order valence-electron chi connectivity index (χ3n) is 3.96. The zero-order chi connectivity index (χ0) is 15.9. The fraction of sp³-hybridized carbons (Fsp3) is 0.882. The first-order valence-corrected chi connectivity index (χ1v) is 8.34. The fourth-order valence-electron chi connectivity index (χ4n) is 3.08. The fourth-order valence-corrected chi connectivity index (χ4v) is 3.08. The molecule has 4 nitrogen and oxygen atoms in total. The molecule has 1 atom stereocenters. The largest absolute Gasteiger partial charge is 0.444 e. The van der Waals surface area contributed by atoms with E-state index < -0.39 is 5.60 Å². The Morgan fingerprint density at radius 1 is 1.29 bits per heavy atom. The van der Waals surface area contributed by atoms with Crippen LogP contribution in [-0.2, 0) is 9.53 Å². The molecule has 0 saturated heterocycles. The molecule has 1 amide bonds. The molecule has 0 N–H and O–H groups in total. The molecule has 0 aromatic heterocycles. The minimum atomic E-state index is -0.498. The lowest BCUT2D eigenvalue weighted by Gasteiger charge is -2.40. The van der Waals surface area contributed by atoms with Crippen molar-refractivity contribution in [2.75, 3.05) is 0 Å². The van der Waals surface area contributed by atoms with Crippen molar-refractivity contribution in [3.8, 4) is 0 Å². The van der Waals surface area contributed by atoms with Crippen molar-refractivity contribution in [3.63, 3.8) is 0 Å². The lowest BCUT2D eigenvalue weighted by molar-refractivity contribution is -0.109. The number of aldehydes is 1. The molecule has 1 aliphatic carbocycles. The van der Waals surface area contributed by atoms with Crippen LogP contribution < -0.4 is 0 Å². The second-order valence-corrected chi connectivity index (χ2v) is 7.02. The molecule has 21 heavy (non-hydrogen) atoms. The maximum atomic E-state index is 12.6. The Morgan fingerprint density at radius 2 is 1.90 bits per heavy atom. The first kappa shape index (κ1) is 18.0. The van der Waals surface area contributed by atoms with Crippen LogP contribution in [0.3, 0.4) is 0 Å². The number of hydrogen-bond acceptors (Lipinski definition) is 3. The van der Waals surface area contributed by atoms with Crippen LogP contribution >= 0.6 is 0 Å². The van der Waals surface area contributed by atoms with Gasteiger partial charge in [-0.2, -0.15) is 0 Å². The van der Waals surface area contributed by atoms with Crippen LogP contribution in [0.25, 0.3) is 0 Å². The van der Waals surface area contributed by atoms with E-state index in [1.54, 1.807) is 0 Å². The third kappa shape index (κ3) is 6.06. The molecule has 4 heteroatoms. The number of carbonyl (C=O) groups is 2. The van der Waals surface area contributed by atoms with E-state index in [1.807, 2.05) is 25.7 Å². The van der Waals surface area contributed by atoms with Gasteiger partial charge in [0.05, 0.1) is 0 Å². The van der Waals surface area contributed by atoms with E-state index in [9.17, 15) is 9.59 Å². The van der Waals surface area contributed by atoms with Crippen molar-refractivity contribution >= 4 is 12.4 Å². The number of nitrogens with zero attached hydrogens (tertiary/aromatic N) is 1. The molecule has 0 radical (unpaired) electrons. The number of hydrogen-bond donors (Lipinski definition) is 0. The van der Waals surface area contributed by atoms with E-state index >= 15 is 0 Å². The Kier molecular flexibility index (Phi) is 7.20. The average molecular weight is 297 g/mol. The van der Waals surface area contributed by atoms with E-state index in [1.165, 1.54) is 6.42 Å². The summed E-state index contributed by atoms with van der Waals surface area (Å²) in [5.41, 5.74) is -0.498. The predicted octanol–water partition coefficient (Wildman–Crippen LogP) is 4.31. The molecule has 0 bridgehead atoms. The summed E-state index contributed by atoms with van der Waals surface area (Å²) in [5.74, 6) is 0. The number of carbonyl (C=O) groups excluding carboxylic acids is 2. The molecule has 1 fully saturated rings. The lowest BCUT2D eigenvalue weighted by atomic mass is 9.92. The van der Waals surface area contributed by atoms with Gasteiger partial charge in [0.15, 0.2) is 0 Å². The predicted molar refractivity (Wildman–Crippen MR) is 84.3 cm³/mol. The maximum absolute atomic E-state index is 12.6. The molecule has 0 heterocycles. The van der Waals surface area contributed by atoms with Gasteiger partial charge in [0, 0.05) is 18.5 Å². The lowest BCUT2D eigenvalue weighted by Crippen LogP contribution is -2.50. The summed E-state index contributed by atoms with van der Waals surface area (Å²) in [7, 11) is 0. The first-order valence-electron chi connectivity index (χ1n) is 8.34. The van der Waals surface area contributed by atoms with Gasteiger partial charge >= 0.3 is 6.09 Å². The standard InChI is InChI=1S/C17H31NO3/c1-5-9-14(12-13-19)18(15-10-7-6-8-11-15)16(20)21-17(2,3)4/h13-15H,5-12H2,1-4H3. The van der Waals surface area contributed by atoms with E-state index in [0.717, 1.165) is 44.8 Å². The second-order valence-electron chi connectivity index (χ2n) is 7.02. The van der Waals surface area contributed by atoms with Crippen LogP contribution in [0.15, 0.2) is 0 Å². The SMILES string of the molecule is CCCC(CC=O)N(C(=O)OC(C)(C)C)C1CCCCC1. The summed E-state index contributed by atoms with van der Waals surface area (Å²) < 4.78 is 5.60. The van der Waals surface area contributed by atoms with Gasteiger partial charge in [-0.1, -0.05) is 32.6 Å². The van der Waals surface area contributed by atoms with Crippen molar-refractivity contribution in [2.24, 2.45) is 0 Å². The molecule has 1 aliphatic rings. The summed E-state index contributed by atoms with van der Waals surface area (Å²) in [6.07, 6.45) is 8.51. The van der Waals surface area contributed by atoms with Crippen molar-refractivity contribution in [2.45, 2.75) is 96.7 Å². The molecule has 1 saturated carbocycles. The highest BCUT2D eigenvalue weighted by Gasteiger charge is 2.34. The van der Waals surface area contributed by atoms with Gasteiger partial charge < -0.3 is 14.4 Å². The number of rotatable bonds is 6. The van der Waals surface area contributed by atoms with Gasteiger partial charge in [-0.25, -0.2) is 4.79 Å². The molecule has 1 unspecified atom stereocenters. The monoisotopic (exact) mass is 297 g/mol. The molecule has 0 aromatic carbocycles. The van der Waals surface area contributed by atoms with Crippen LogP contribution in [0.2, 0.25) is 0 Å². The molecule has 0 aliphatic heterocycles. The second kappa shape index (κ2) is 8.40. The average Bonchev–Trinajstić information content (AvgIpc) is 2.38. The van der Waals surface area contributed by atoms with Crippen molar-refractivity contribution in [1.82, 2.24) is 4.90 Å². The minimum Gasteiger partial charge on any atom is -0.444 e. The van der Waals surface area contributed by atoms with Gasteiger partial charge in [-0.15, -0.1) is 0 Å². The zero-order valence-electron chi connectivity index (χ0n) is 14.1. The smallest absolute Gasteiger partial charge is 0.410 e. The molecular formula is C17H31NO3. The Hall–Kier alpha value is -1.06. The summed E-state index contributed by atoms with van der Waals surface area (Å²) >= 11 is 0. The van der Waals surface area contributed by atoms with Gasteiger partial charge in [0.2, 0.25) is 0 Å². The molecule has 1 rings (SSSR count). The maximum Gasteiger partial charge on any atom is 0.410 e. The van der Waals surface area contributed by atoms with Gasteiger partial charge in [-0.3, -0.25) is 0 Å². The minimum absolute atomic E-state index is 0.0227. The van der Waals surface area contributed by atoms with E-state index in [0.29, 0.717) is 6.42 Å². The number of ether oxygens (including phenoxy) is 1. The summed E-state index contributed by atoms with van der Waals surface area (Å²) in [4.78, 5) is 25.5. The molecule has 0 aromatic rings. The topological polar surface area (TPSA) is 46.6 Å². The van der Waals surface area contributed by atoms with Crippen molar-refractivity contribution in [3.05, 3.63) is 0 Å². The molecular weight excluding hydrogens is 266 g/mol. The Balaban J connectivity index is 2.90. The van der Waals surface area contributed by atoms with Gasteiger partial charge in [0.1, 0.15) is 11.9 Å². The van der Waals surface area contributed by atoms with Gasteiger partial charge in [-0.05, 0) is 40.0 Å². The highest BCUT2D eigenvalue weighted by Crippen LogP contribution is 2.28. The summed E-state index contributed by atoms with van der Waals surface area (Å²) in [6.45, 7) is 7.75. The molecule has 122 valence electrons. The van der Waals surface area contributed by atoms with E-state index in [-0.39, 0.29) is 18.2 Å². The third-order valence-corrected chi connectivity index (χ3v) is 3.96. The Bertz CT molecular complexity index is 329. The van der Waals surface area contributed by atoms with Crippen LogP contribution in [-0.4, -0.2) is 35.0 Å².